The number of carboxylic acid groups (broad SMARTS) is 1. The molecule has 1 unspecified atom stereocenters. The predicted octanol–water partition coefficient (Wildman–Crippen LogP) is 0.689. The van der Waals surface area contributed by atoms with Crippen LogP contribution in [-0.2, 0) is 4.79 Å². The number of likely N-dealkylation sites (N-methyl/N-ethyl adjacent to an activating group) is 1. The van der Waals surface area contributed by atoms with Crippen molar-refractivity contribution in [1.29, 1.82) is 0 Å². The number of nitrogens with zero attached hydrogens (tertiary/aromatic N) is 2. The number of nitrogens with one attached hydrogen (secondary N) is 1. The molecule has 2 amide bonds. The molecule has 6 heteroatoms. The van der Waals surface area contributed by atoms with Gasteiger partial charge in [0, 0.05) is 31.1 Å². The van der Waals surface area contributed by atoms with Crippen LogP contribution >= 0.6 is 0 Å². The summed E-state index contributed by atoms with van der Waals surface area (Å²) in [6.45, 7) is 7.42. The molecule has 0 bridgehead atoms. The molecule has 1 atom stereocenters. The first-order valence-corrected chi connectivity index (χ1v) is 6.58. The zero-order valence-corrected chi connectivity index (χ0v) is 12.4. The van der Waals surface area contributed by atoms with Crippen LogP contribution in [0.5, 0.6) is 0 Å². The molecular formula is C13H25N3O3. The minimum atomic E-state index is -0.793. The van der Waals surface area contributed by atoms with Crippen LogP contribution < -0.4 is 5.32 Å². The Morgan fingerprint density at radius 3 is 2.37 bits per heavy atom. The normalized spacial score (nSPS) is 18.1. The van der Waals surface area contributed by atoms with E-state index in [9.17, 15) is 9.59 Å². The van der Waals surface area contributed by atoms with E-state index in [1.54, 1.807) is 11.8 Å². The van der Waals surface area contributed by atoms with Gasteiger partial charge in [0.25, 0.3) is 0 Å². The monoisotopic (exact) mass is 271 g/mol. The molecule has 6 nitrogen and oxygen atoms in total. The Bertz CT molecular complexity index is 349. The van der Waals surface area contributed by atoms with E-state index in [1.807, 2.05) is 14.1 Å². The Kier molecular flexibility index (Phi) is 4.79. The highest BCUT2D eigenvalue weighted by Crippen LogP contribution is 2.24. The van der Waals surface area contributed by atoms with Crippen molar-refractivity contribution in [3.8, 4) is 0 Å². The van der Waals surface area contributed by atoms with Gasteiger partial charge in [0.1, 0.15) is 0 Å². The summed E-state index contributed by atoms with van der Waals surface area (Å²) in [5, 5.41) is 11.8. The highest BCUT2D eigenvalue weighted by Gasteiger charge is 2.37. The second-order valence-electron chi connectivity index (χ2n) is 6.16. The summed E-state index contributed by atoms with van der Waals surface area (Å²) in [4.78, 5) is 26.4. The van der Waals surface area contributed by atoms with Crippen molar-refractivity contribution in [3.05, 3.63) is 0 Å². The SMILES string of the molecule is CC(C(=O)O)C1CN(C(=O)NCC(C)(C)N(C)C)C1. The predicted molar refractivity (Wildman–Crippen MR) is 73.0 cm³/mol. The fraction of sp³-hybridized carbons (Fsp3) is 0.846. The molecule has 0 aromatic carbocycles. The van der Waals surface area contributed by atoms with E-state index in [2.05, 4.69) is 24.1 Å². The van der Waals surface area contributed by atoms with Crippen LogP contribution in [0.15, 0.2) is 0 Å². The number of likely N-dealkylation sites (tertiary alicyclic amines) is 1. The summed E-state index contributed by atoms with van der Waals surface area (Å²) in [5.74, 6) is -1.11. The van der Waals surface area contributed by atoms with Gasteiger partial charge in [0.2, 0.25) is 0 Å². The van der Waals surface area contributed by atoms with Gasteiger partial charge in [-0.3, -0.25) is 4.79 Å². The van der Waals surface area contributed by atoms with Crippen molar-refractivity contribution in [1.82, 2.24) is 15.1 Å². The van der Waals surface area contributed by atoms with Crippen LogP contribution in [0.3, 0.4) is 0 Å². The van der Waals surface area contributed by atoms with Gasteiger partial charge >= 0.3 is 12.0 Å². The topological polar surface area (TPSA) is 72.9 Å². The first-order chi connectivity index (χ1) is 8.65. The van der Waals surface area contributed by atoms with E-state index in [1.165, 1.54) is 0 Å². The van der Waals surface area contributed by atoms with E-state index < -0.39 is 5.97 Å². The van der Waals surface area contributed by atoms with Crippen molar-refractivity contribution in [2.75, 3.05) is 33.7 Å². The first-order valence-electron chi connectivity index (χ1n) is 6.58. The molecule has 110 valence electrons. The lowest BCUT2D eigenvalue weighted by molar-refractivity contribution is -0.144. The van der Waals surface area contributed by atoms with E-state index in [4.69, 9.17) is 5.11 Å². The zero-order chi connectivity index (χ0) is 14.8. The minimum absolute atomic E-state index is 0.0742. The molecule has 19 heavy (non-hydrogen) atoms. The number of carbonyl (C=O) groups excluding carboxylic acids is 1. The number of amides is 2. The number of carboxylic acids is 1. The van der Waals surface area contributed by atoms with E-state index in [0.29, 0.717) is 19.6 Å². The molecule has 1 fully saturated rings. The molecule has 1 saturated heterocycles. The summed E-state index contributed by atoms with van der Waals surface area (Å²) in [6, 6.07) is -0.108. The van der Waals surface area contributed by atoms with Crippen LogP contribution in [0, 0.1) is 11.8 Å². The van der Waals surface area contributed by atoms with E-state index in [-0.39, 0.29) is 23.4 Å². The van der Waals surface area contributed by atoms with Gasteiger partial charge in [0.05, 0.1) is 5.92 Å². The van der Waals surface area contributed by atoms with Gasteiger partial charge in [-0.2, -0.15) is 0 Å². The van der Waals surface area contributed by atoms with Gasteiger partial charge in [-0.1, -0.05) is 6.92 Å². The van der Waals surface area contributed by atoms with E-state index in [0.717, 1.165) is 0 Å². The number of hydrogen-bond donors (Lipinski definition) is 2. The number of urea groups is 1. The average molecular weight is 271 g/mol. The van der Waals surface area contributed by atoms with Gasteiger partial charge in [-0.25, -0.2) is 4.79 Å². The summed E-state index contributed by atoms with van der Waals surface area (Å²) < 4.78 is 0. The lowest BCUT2D eigenvalue weighted by Crippen LogP contribution is -2.58. The van der Waals surface area contributed by atoms with Crippen molar-refractivity contribution in [2.24, 2.45) is 11.8 Å². The molecule has 0 saturated carbocycles. The molecule has 0 spiro atoms. The van der Waals surface area contributed by atoms with Crippen LogP contribution in [0.4, 0.5) is 4.79 Å². The number of carbonyl (C=O) groups is 2. The quantitative estimate of drug-likeness (QED) is 0.771. The first kappa shape index (κ1) is 15.8. The molecule has 0 aromatic heterocycles. The van der Waals surface area contributed by atoms with Crippen LogP contribution in [0.2, 0.25) is 0 Å². The van der Waals surface area contributed by atoms with Crippen molar-refractivity contribution >= 4 is 12.0 Å². The van der Waals surface area contributed by atoms with Crippen molar-refractivity contribution in [3.63, 3.8) is 0 Å². The Hall–Kier alpha value is -1.30. The molecule has 0 aliphatic carbocycles. The molecule has 0 radical (unpaired) electrons. The Morgan fingerprint density at radius 1 is 1.42 bits per heavy atom. The summed E-state index contributed by atoms with van der Waals surface area (Å²) in [5.41, 5.74) is -0.103. The second-order valence-corrected chi connectivity index (χ2v) is 6.16. The average Bonchev–Trinajstić information content (AvgIpc) is 2.23. The maximum absolute atomic E-state index is 11.9. The molecular weight excluding hydrogens is 246 g/mol. The third-order valence-electron chi connectivity index (χ3n) is 4.18. The molecule has 0 aromatic rings. The summed E-state index contributed by atoms with van der Waals surface area (Å²) >= 11 is 0. The maximum atomic E-state index is 11.9. The van der Waals surface area contributed by atoms with E-state index >= 15 is 0 Å². The number of rotatable bonds is 5. The van der Waals surface area contributed by atoms with Crippen molar-refractivity contribution < 1.29 is 14.7 Å². The molecule has 1 aliphatic rings. The van der Waals surface area contributed by atoms with Crippen LogP contribution in [0.25, 0.3) is 0 Å². The highest BCUT2D eigenvalue weighted by molar-refractivity contribution is 5.76. The second kappa shape index (κ2) is 5.77. The third-order valence-corrected chi connectivity index (χ3v) is 4.18. The van der Waals surface area contributed by atoms with Crippen molar-refractivity contribution in [2.45, 2.75) is 26.3 Å². The highest BCUT2D eigenvalue weighted by atomic mass is 16.4. The Morgan fingerprint density at radius 2 is 1.95 bits per heavy atom. The molecule has 1 heterocycles. The lowest BCUT2D eigenvalue weighted by atomic mass is 9.87. The summed E-state index contributed by atoms with van der Waals surface area (Å²) in [7, 11) is 3.95. The molecule has 1 rings (SSSR count). The van der Waals surface area contributed by atoms with Crippen LogP contribution in [-0.4, -0.2) is 66.2 Å². The smallest absolute Gasteiger partial charge is 0.317 e. The fourth-order valence-electron chi connectivity index (χ4n) is 1.76. The zero-order valence-electron chi connectivity index (χ0n) is 12.4. The molecule has 1 aliphatic heterocycles. The largest absolute Gasteiger partial charge is 0.481 e. The third kappa shape index (κ3) is 3.83. The lowest BCUT2D eigenvalue weighted by Gasteiger charge is -2.42. The molecule has 2 N–H and O–H groups in total. The minimum Gasteiger partial charge on any atom is -0.481 e. The van der Waals surface area contributed by atoms with Gasteiger partial charge in [-0.15, -0.1) is 0 Å². The number of hydrogen-bond acceptors (Lipinski definition) is 3. The summed E-state index contributed by atoms with van der Waals surface area (Å²) in [6.07, 6.45) is 0. The Balaban J connectivity index is 2.33. The Labute approximate surface area is 114 Å². The van der Waals surface area contributed by atoms with Gasteiger partial charge < -0.3 is 20.2 Å². The number of aliphatic carboxylic acids is 1. The van der Waals surface area contributed by atoms with Gasteiger partial charge in [0.15, 0.2) is 0 Å². The fourth-order valence-corrected chi connectivity index (χ4v) is 1.76. The van der Waals surface area contributed by atoms with Crippen LogP contribution in [0.1, 0.15) is 20.8 Å². The van der Waals surface area contributed by atoms with Gasteiger partial charge in [-0.05, 0) is 27.9 Å². The maximum Gasteiger partial charge on any atom is 0.317 e. The standard InChI is InChI=1S/C13H25N3O3/c1-9(11(17)18)10-6-16(7-10)12(19)14-8-13(2,3)15(4)5/h9-10H,6-8H2,1-5H3,(H,14,19)(H,17,18).